The number of hydrogen-bond donors (Lipinski definition) is 0. The van der Waals surface area contributed by atoms with Gasteiger partial charge in [0.25, 0.3) is 0 Å². The molecule has 0 aliphatic rings. The van der Waals surface area contributed by atoms with Crippen molar-refractivity contribution in [1.82, 2.24) is 19.5 Å². The van der Waals surface area contributed by atoms with Gasteiger partial charge >= 0.3 is 0 Å². The van der Waals surface area contributed by atoms with Crippen molar-refractivity contribution in [3.8, 4) is 28.3 Å². The zero-order valence-electron chi connectivity index (χ0n) is 40.2. The van der Waals surface area contributed by atoms with Gasteiger partial charge in [0, 0.05) is 63.6 Å². The minimum Gasteiger partial charge on any atom is -0.456 e. The third kappa shape index (κ3) is 8.00. The van der Waals surface area contributed by atoms with E-state index >= 15 is 0 Å². The maximum atomic E-state index is 14.7. The van der Waals surface area contributed by atoms with E-state index in [-0.39, 0.29) is 31.2 Å². The number of halogens is 2. The van der Waals surface area contributed by atoms with Gasteiger partial charge in [0.2, 0.25) is 5.95 Å². The Bertz CT molecular complexity index is 3740. The number of nitrogens with zero attached hydrogens (tertiary/aromatic N) is 4. The number of fused-ring (bicyclic) bond motifs is 7. The summed E-state index contributed by atoms with van der Waals surface area (Å²) in [6.45, 7) is 10.8. The first-order valence-electron chi connectivity index (χ1n) is 23.1. The summed E-state index contributed by atoms with van der Waals surface area (Å²) in [6, 6.07) is 46.8. The smallest absolute Gasteiger partial charge is 0.214 e. The second-order valence-corrected chi connectivity index (χ2v) is 22.9. The van der Waals surface area contributed by atoms with Gasteiger partial charge in [-0.15, -0.1) is 42.0 Å². The maximum absolute atomic E-state index is 14.7. The topological polar surface area (TPSA) is 56.7 Å². The Morgan fingerprint density at radius 3 is 2.38 bits per heavy atom. The summed E-state index contributed by atoms with van der Waals surface area (Å²) in [5, 5.41) is 6.73. The third-order valence-electron chi connectivity index (χ3n) is 12.3. The van der Waals surface area contributed by atoms with Crippen LogP contribution in [-0.4, -0.2) is 27.6 Å². The molecular weight excluding hydrogens is 1040 g/mol. The first kappa shape index (κ1) is 41.3. The van der Waals surface area contributed by atoms with Crippen LogP contribution in [-0.2, 0) is 26.5 Å². The fraction of sp³-hybridized carbons (Fsp3) is 0.161. The van der Waals surface area contributed by atoms with Gasteiger partial charge in [0.05, 0.1) is 16.9 Å². The largest absolute Gasteiger partial charge is 0.456 e. The Morgan fingerprint density at radius 1 is 0.818 bits per heavy atom. The number of pyridine rings is 2. The first-order valence-corrected chi connectivity index (χ1v) is 25.5. The minimum atomic E-state index is -2.36. The number of imidazole rings is 1. The van der Waals surface area contributed by atoms with Crippen molar-refractivity contribution in [3.05, 3.63) is 180 Å². The third-order valence-corrected chi connectivity index (χ3v) is 17.0. The molecule has 5 heterocycles. The van der Waals surface area contributed by atoms with Crippen LogP contribution >= 0.6 is 11.3 Å². The molecule has 331 valence electrons. The van der Waals surface area contributed by atoms with Crippen LogP contribution in [0.2, 0.25) is 13.1 Å². The van der Waals surface area contributed by atoms with Crippen molar-refractivity contribution in [2.45, 2.75) is 54.1 Å². The molecule has 0 saturated carbocycles. The van der Waals surface area contributed by atoms with E-state index < -0.39 is 26.7 Å². The van der Waals surface area contributed by atoms with Crippen LogP contribution in [0.5, 0.6) is 0 Å². The zero-order chi connectivity index (χ0) is 47.6. The van der Waals surface area contributed by atoms with Crippen molar-refractivity contribution >= 4 is 83.1 Å². The van der Waals surface area contributed by atoms with E-state index in [0.717, 1.165) is 89.1 Å². The standard InChI is InChI=1S/C32H19FN3OS.C24H27FNSi.Ir/c1-17-16-23-19-8-3-6-13-26(19)37-29(23)18(2)28(17)36-25-12-5-4-11-24(25)34-31(36)22-10-7-9-20-21-14-15-27(33)35-32(21)38-30(20)22;1-17(2)13-19-15-23(21-12-11-18(3)14-22(21)25)26-16-24(19)27(4,5)20-9-7-6-8-10-20;/h3-9,11-16H,1-2H3;6-11,14-17H,13H2,1-5H3;/q2*-1;/i;3D3;. The van der Waals surface area contributed by atoms with Crippen molar-refractivity contribution in [2.75, 3.05) is 0 Å². The van der Waals surface area contributed by atoms with Crippen LogP contribution in [0.4, 0.5) is 8.78 Å². The molecule has 0 aliphatic heterocycles. The second-order valence-electron chi connectivity index (χ2n) is 17.5. The first-order chi connectivity index (χ1) is 32.6. The van der Waals surface area contributed by atoms with Crippen molar-refractivity contribution in [3.63, 3.8) is 0 Å². The Labute approximate surface area is 405 Å². The van der Waals surface area contributed by atoms with Crippen molar-refractivity contribution < 1.29 is 37.4 Å². The summed E-state index contributed by atoms with van der Waals surface area (Å²) in [7, 11) is -1.98. The van der Waals surface area contributed by atoms with Crippen LogP contribution in [0.1, 0.15) is 40.2 Å². The second kappa shape index (κ2) is 17.9. The molecule has 11 rings (SSSR count). The van der Waals surface area contributed by atoms with Gasteiger partial charge in [-0.2, -0.15) is 15.7 Å². The molecule has 11 aromatic rings. The maximum Gasteiger partial charge on any atom is 0.214 e. The molecule has 66 heavy (non-hydrogen) atoms. The molecule has 10 heteroatoms. The van der Waals surface area contributed by atoms with E-state index in [1.165, 1.54) is 39.4 Å². The van der Waals surface area contributed by atoms with Gasteiger partial charge in [-0.3, -0.25) is 9.37 Å². The number of thiophene rings is 1. The molecule has 0 bridgehead atoms. The van der Waals surface area contributed by atoms with Gasteiger partial charge in [0.15, 0.2) is 0 Å². The minimum absolute atomic E-state index is 0. The van der Waals surface area contributed by atoms with Crippen LogP contribution in [0.25, 0.3) is 81.6 Å². The number of furan rings is 1. The molecule has 5 nitrogen and oxygen atoms in total. The summed E-state index contributed by atoms with van der Waals surface area (Å²) in [5.41, 5.74) is 9.53. The summed E-state index contributed by atoms with van der Waals surface area (Å²) in [4.78, 5) is 14.5. The van der Waals surface area contributed by atoms with Crippen molar-refractivity contribution in [1.29, 1.82) is 0 Å². The molecule has 0 N–H and O–H groups in total. The van der Waals surface area contributed by atoms with Crippen molar-refractivity contribution in [2.24, 2.45) is 5.92 Å². The molecule has 0 amide bonds. The molecule has 0 spiro atoms. The fourth-order valence-corrected chi connectivity index (χ4v) is 13.0. The molecule has 0 unspecified atom stereocenters. The van der Waals surface area contributed by atoms with Gasteiger partial charge in [-0.25, -0.2) is 4.98 Å². The number of para-hydroxylation sites is 3. The predicted octanol–water partition coefficient (Wildman–Crippen LogP) is 13.9. The zero-order valence-corrected chi connectivity index (χ0v) is 41.4. The average molecular weight is 1080 g/mol. The summed E-state index contributed by atoms with van der Waals surface area (Å²) >= 11 is 1.47. The number of aromatic nitrogens is 4. The van der Waals surface area contributed by atoms with E-state index in [9.17, 15) is 8.78 Å². The number of benzene rings is 6. The molecule has 0 aliphatic carbocycles. The molecule has 0 saturated heterocycles. The van der Waals surface area contributed by atoms with Crippen LogP contribution in [0.15, 0.2) is 138 Å². The monoisotopic (exact) mass is 1080 g/mol. The fourth-order valence-electron chi connectivity index (χ4n) is 9.19. The van der Waals surface area contributed by atoms with Gasteiger partial charge in [-0.1, -0.05) is 128 Å². The number of rotatable bonds is 7. The van der Waals surface area contributed by atoms with E-state index in [1.807, 2.05) is 66.9 Å². The molecule has 5 aromatic heterocycles. The number of hydrogen-bond acceptors (Lipinski definition) is 5. The van der Waals surface area contributed by atoms with E-state index in [1.54, 1.807) is 6.07 Å². The summed E-state index contributed by atoms with van der Waals surface area (Å²) < 4.78 is 60.7. The van der Waals surface area contributed by atoms with Gasteiger partial charge in [-0.05, 0) is 83.7 Å². The molecular formula is C56H46F2IrN4OSSi-2. The Kier molecular flexibility index (Phi) is 11.2. The molecule has 1 radical (unpaired) electrons. The molecule has 0 fully saturated rings. The Morgan fingerprint density at radius 2 is 1.59 bits per heavy atom. The SMILES string of the molecule is Cc1cc2c(oc3ccccc32)c(C)c1-n1c(-c2[c-]ccc3c2sc2nc(F)ccc23)nc2ccccc21.[2H]C([2H])([2H])c1c[c-]c(-c2cc(CC(C)C)c([Si](C)(C)c3ccccc3)cn2)c(F)c1.[Ir]. The van der Waals surface area contributed by atoms with Crippen LogP contribution < -0.4 is 10.4 Å². The van der Waals surface area contributed by atoms with E-state index in [2.05, 4.69) is 110 Å². The summed E-state index contributed by atoms with van der Waals surface area (Å²) in [5.74, 6) is 0.128. The number of aryl methyl sites for hydroxylation is 3. The van der Waals surface area contributed by atoms with Gasteiger partial charge < -0.3 is 14.0 Å². The Hall–Kier alpha value is -6.16. The Balaban J connectivity index is 0.000000175. The van der Waals surface area contributed by atoms with Crippen LogP contribution in [0, 0.1) is 50.5 Å². The van der Waals surface area contributed by atoms with E-state index in [4.69, 9.17) is 13.5 Å². The van der Waals surface area contributed by atoms with E-state index in [0.29, 0.717) is 16.4 Å². The average Bonchev–Trinajstić information content (AvgIpc) is 4.00. The van der Waals surface area contributed by atoms with Gasteiger partial charge in [0.1, 0.15) is 24.1 Å². The van der Waals surface area contributed by atoms with Crippen LogP contribution in [0.3, 0.4) is 0 Å². The predicted molar refractivity (Wildman–Crippen MR) is 268 cm³/mol. The molecule has 0 atom stereocenters. The quantitative estimate of drug-likeness (QED) is 0.0907. The normalized spacial score (nSPS) is 12.7. The molecule has 6 aromatic carbocycles. The summed E-state index contributed by atoms with van der Waals surface area (Å²) in [6.07, 6.45) is 2.75.